The Labute approximate surface area is 121 Å². The van der Waals surface area contributed by atoms with E-state index in [2.05, 4.69) is 4.98 Å². The summed E-state index contributed by atoms with van der Waals surface area (Å²) in [6.07, 6.45) is 2.86. The van der Waals surface area contributed by atoms with E-state index in [1.807, 2.05) is 0 Å². The lowest BCUT2D eigenvalue weighted by atomic mass is 10.2. The molecule has 104 valence electrons. The lowest BCUT2D eigenvalue weighted by Crippen LogP contribution is -2.37. The van der Waals surface area contributed by atoms with Crippen LogP contribution in [0.2, 0.25) is 5.02 Å². The van der Waals surface area contributed by atoms with Gasteiger partial charge in [-0.1, -0.05) is 11.6 Å². The highest BCUT2D eigenvalue weighted by atomic mass is 35.5. The number of sulfonamides is 1. The summed E-state index contributed by atoms with van der Waals surface area (Å²) in [4.78, 5) is 4.00. The molecule has 0 saturated carbocycles. The van der Waals surface area contributed by atoms with Crippen molar-refractivity contribution < 1.29 is 13.2 Å². The SMILES string of the molecule is O=S(=O)(c1cccnc1)N1CCOc2ccc(Cl)cc21. The number of anilines is 1. The van der Waals surface area contributed by atoms with Crippen LogP contribution in [0.4, 0.5) is 5.69 Å². The summed E-state index contributed by atoms with van der Waals surface area (Å²) in [6.45, 7) is 0.540. The van der Waals surface area contributed by atoms with Gasteiger partial charge in [0.25, 0.3) is 10.0 Å². The Morgan fingerprint density at radius 2 is 2.15 bits per heavy atom. The number of aromatic nitrogens is 1. The molecule has 5 nitrogen and oxygen atoms in total. The molecule has 0 aliphatic carbocycles. The summed E-state index contributed by atoms with van der Waals surface area (Å²) >= 11 is 5.95. The van der Waals surface area contributed by atoms with Gasteiger partial charge in [0.2, 0.25) is 0 Å². The minimum Gasteiger partial charge on any atom is -0.489 e. The Balaban J connectivity index is 2.11. The topological polar surface area (TPSA) is 59.5 Å². The third-order valence-electron chi connectivity index (χ3n) is 2.96. The molecular formula is C13H11ClN2O3S. The molecular weight excluding hydrogens is 300 g/mol. The van der Waals surface area contributed by atoms with Crippen molar-refractivity contribution in [2.45, 2.75) is 4.90 Å². The van der Waals surface area contributed by atoms with Crippen LogP contribution in [0.15, 0.2) is 47.6 Å². The number of nitrogens with zero attached hydrogens (tertiary/aromatic N) is 2. The van der Waals surface area contributed by atoms with Crippen LogP contribution in [-0.2, 0) is 10.0 Å². The maximum atomic E-state index is 12.6. The normalized spacial score (nSPS) is 14.6. The molecule has 0 saturated heterocycles. The van der Waals surface area contributed by atoms with Crippen molar-refractivity contribution in [1.29, 1.82) is 0 Å². The number of rotatable bonds is 2. The highest BCUT2D eigenvalue weighted by Gasteiger charge is 2.30. The summed E-state index contributed by atoms with van der Waals surface area (Å²) in [5.41, 5.74) is 0.451. The molecule has 1 aliphatic heterocycles. The lowest BCUT2D eigenvalue weighted by Gasteiger charge is -2.30. The van der Waals surface area contributed by atoms with E-state index in [1.165, 1.54) is 22.8 Å². The molecule has 1 aromatic heterocycles. The molecule has 0 N–H and O–H groups in total. The molecule has 20 heavy (non-hydrogen) atoms. The molecule has 0 spiro atoms. The quantitative estimate of drug-likeness (QED) is 0.854. The monoisotopic (exact) mass is 310 g/mol. The molecule has 1 aliphatic rings. The number of benzene rings is 1. The van der Waals surface area contributed by atoms with Crippen molar-refractivity contribution in [2.24, 2.45) is 0 Å². The Morgan fingerprint density at radius 3 is 2.90 bits per heavy atom. The first kappa shape index (κ1) is 13.2. The van der Waals surface area contributed by atoms with E-state index in [-0.39, 0.29) is 11.4 Å². The van der Waals surface area contributed by atoms with Crippen LogP contribution in [0.5, 0.6) is 5.75 Å². The minimum atomic E-state index is -3.66. The maximum absolute atomic E-state index is 12.6. The summed E-state index contributed by atoms with van der Waals surface area (Å²) in [5.74, 6) is 0.508. The molecule has 1 aromatic carbocycles. The van der Waals surface area contributed by atoms with Crippen molar-refractivity contribution in [3.63, 3.8) is 0 Å². The fraction of sp³-hybridized carbons (Fsp3) is 0.154. The van der Waals surface area contributed by atoms with E-state index in [0.717, 1.165) is 0 Å². The third-order valence-corrected chi connectivity index (χ3v) is 5.00. The average Bonchev–Trinajstić information content (AvgIpc) is 2.47. The van der Waals surface area contributed by atoms with Gasteiger partial charge < -0.3 is 4.74 Å². The predicted octanol–water partition coefficient (Wildman–Crippen LogP) is 2.32. The first-order valence-corrected chi connectivity index (χ1v) is 7.76. The second kappa shape index (κ2) is 4.96. The van der Waals surface area contributed by atoms with E-state index in [1.54, 1.807) is 24.3 Å². The van der Waals surface area contributed by atoms with Crippen molar-refractivity contribution in [3.8, 4) is 5.75 Å². The Bertz CT molecular complexity index is 735. The molecule has 0 fully saturated rings. The van der Waals surface area contributed by atoms with E-state index in [4.69, 9.17) is 16.3 Å². The predicted molar refractivity (Wildman–Crippen MR) is 75.7 cm³/mol. The van der Waals surface area contributed by atoms with Gasteiger partial charge in [-0.3, -0.25) is 9.29 Å². The molecule has 3 rings (SSSR count). The highest BCUT2D eigenvalue weighted by Crippen LogP contribution is 2.36. The number of hydrogen-bond donors (Lipinski definition) is 0. The number of halogens is 1. The van der Waals surface area contributed by atoms with Gasteiger partial charge in [-0.2, -0.15) is 0 Å². The molecule has 0 bridgehead atoms. The van der Waals surface area contributed by atoms with Gasteiger partial charge in [-0.05, 0) is 30.3 Å². The molecule has 0 radical (unpaired) electrons. The van der Waals surface area contributed by atoms with Crippen LogP contribution in [-0.4, -0.2) is 26.6 Å². The van der Waals surface area contributed by atoms with Crippen molar-refractivity contribution in [2.75, 3.05) is 17.5 Å². The Kier molecular flexibility index (Phi) is 3.27. The van der Waals surface area contributed by atoms with Gasteiger partial charge in [0.05, 0.1) is 12.2 Å². The molecule has 0 amide bonds. The fourth-order valence-corrected chi connectivity index (χ4v) is 3.62. The van der Waals surface area contributed by atoms with Crippen LogP contribution < -0.4 is 9.04 Å². The average molecular weight is 311 g/mol. The molecule has 2 aromatic rings. The van der Waals surface area contributed by atoms with Crippen LogP contribution in [0.1, 0.15) is 0 Å². The zero-order valence-corrected chi connectivity index (χ0v) is 11.9. The van der Waals surface area contributed by atoms with Gasteiger partial charge >= 0.3 is 0 Å². The van der Waals surface area contributed by atoms with Gasteiger partial charge in [-0.15, -0.1) is 0 Å². The zero-order valence-electron chi connectivity index (χ0n) is 10.4. The van der Waals surface area contributed by atoms with Crippen LogP contribution in [0, 0.1) is 0 Å². The second-order valence-corrected chi connectivity index (χ2v) is 6.53. The number of ether oxygens (including phenoxy) is 1. The summed E-state index contributed by atoms with van der Waals surface area (Å²) < 4.78 is 32.1. The van der Waals surface area contributed by atoms with Crippen LogP contribution in [0.25, 0.3) is 0 Å². The molecule has 2 heterocycles. The van der Waals surface area contributed by atoms with Crippen molar-refractivity contribution in [3.05, 3.63) is 47.7 Å². The van der Waals surface area contributed by atoms with Gasteiger partial charge in [0, 0.05) is 17.4 Å². The Hall–Kier alpha value is -1.79. The van der Waals surface area contributed by atoms with Gasteiger partial charge in [-0.25, -0.2) is 8.42 Å². The standard InChI is InChI=1S/C13H11ClN2O3S/c14-10-3-4-13-12(8-10)16(6-7-19-13)20(17,18)11-2-1-5-15-9-11/h1-5,8-9H,6-7H2. The van der Waals surface area contributed by atoms with Gasteiger partial charge in [0.1, 0.15) is 17.3 Å². The highest BCUT2D eigenvalue weighted by molar-refractivity contribution is 7.92. The summed E-state index contributed by atoms with van der Waals surface area (Å²) in [6, 6.07) is 8.03. The second-order valence-electron chi connectivity index (χ2n) is 4.23. The van der Waals surface area contributed by atoms with E-state index < -0.39 is 10.0 Å². The first-order chi connectivity index (χ1) is 9.59. The third kappa shape index (κ3) is 2.21. The van der Waals surface area contributed by atoms with Crippen molar-refractivity contribution >= 4 is 27.3 Å². The minimum absolute atomic E-state index is 0.146. The molecule has 0 atom stereocenters. The van der Waals surface area contributed by atoms with E-state index >= 15 is 0 Å². The molecule has 7 heteroatoms. The largest absolute Gasteiger partial charge is 0.489 e. The number of fused-ring (bicyclic) bond motifs is 1. The first-order valence-electron chi connectivity index (χ1n) is 5.94. The van der Waals surface area contributed by atoms with E-state index in [0.29, 0.717) is 23.1 Å². The molecule has 0 unspecified atom stereocenters. The lowest BCUT2D eigenvalue weighted by molar-refractivity contribution is 0.316. The van der Waals surface area contributed by atoms with Crippen molar-refractivity contribution in [1.82, 2.24) is 4.98 Å². The zero-order chi connectivity index (χ0) is 14.2. The number of pyridine rings is 1. The smallest absolute Gasteiger partial charge is 0.266 e. The Morgan fingerprint density at radius 1 is 1.30 bits per heavy atom. The fourth-order valence-electron chi connectivity index (χ4n) is 2.04. The summed E-state index contributed by atoms with van der Waals surface area (Å²) in [5, 5.41) is 0.459. The van der Waals surface area contributed by atoms with E-state index in [9.17, 15) is 8.42 Å². The van der Waals surface area contributed by atoms with Crippen LogP contribution >= 0.6 is 11.6 Å². The van der Waals surface area contributed by atoms with Gasteiger partial charge in [0.15, 0.2) is 0 Å². The maximum Gasteiger partial charge on any atom is 0.266 e. The summed E-state index contributed by atoms with van der Waals surface area (Å²) in [7, 11) is -3.66. The van der Waals surface area contributed by atoms with Crippen LogP contribution in [0.3, 0.4) is 0 Å². The number of hydrogen-bond acceptors (Lipinski definition) is 4.